The van der Waals surface area contributed by atoms with Gasteiger partial charge in [0.05, 0.1) is 0 Å². The predicted octanol–water partition coefficient (Wildman–Crippen LogP) is 2.88. The van der Waals surface area contributed by atoms with E-state index in [0.29, 0.717) is 12.1 Å². The first-order valence-corrected chi connectivity index (χ1v) is 7.65. The zero-order valence-corrected chi connectivity index (χ0v) is 13.4. The molecular formula is C17H26N2O2. The molecule has 0 aliphatic heterocycles. The molecule has 2 amide bonds. The zero-order valence-electron chi connectivity index (χ0n) is 13.4. The highest BCUT2D eigenvalue weighted by Crippen LogP contribution is 2.06. The molecule has 1 aromatic rings. The van der Waals surface area contributed by atoms with E-state index in [1.54, 1.807) is 12.1 Å². The average molecular weight is 290 g/mol. The van der Waals surface area contributed by atoms with Gasteiger partial charge < -0.3 is 10.6 Å². The van der Waals surface area contributed by atoms with Crippen molar-refractivity contribution in [2.45, 2.75) is 53.1 Å². The fourth-order valence-electron chi connectivity index (χ4n) is 1.73. The lowest BCUT2D eigenvalue weighted by Crippen LogP contribution is -2.32. The van der Waals surface area contributed by atoms with Crippen LogP contribution in [0.1, 0.15) is 56.5 Å². The summed E-state index contributed by atoms with van der Waals surface area (Å²) in [6.45, 7) is 8.42. The maximum atomic E-state index is 11.9. The number of hydrogen-bond donors (Lipinski definition) is 2. The van der Waals surface area contributed by atoms with E-state index in [1.165, 1.54) is 0 Å². The van der Waals surface area contributed by atoms with Gasteiger partial charge in [-0.15, -0.1) is 0 Å². The van der Waals surface area contributed by atoms with Gasteiger partial charge in [0, 0.05) is 24.1 Å². The molecule has 0 aromatic heterocycles. The fourth-order valence-corrected chi connectivity index (χ4v) is 1.73. The molecule has 0 spiro atoms. The largest absolute Gasteiger partial charge is 0.352 e. The topological polar surface area (TPSA) is 58.2 Å². The molecule has 4 heteroatoms. The second kappa shape index (κ2) is 8.45. The molecule has 0 fully saturated rings. The normalized spacial score (nSPS) is 13.3. The molecule has 116 valence electrons. The number of benzene rings is 1. The van der Waals surface area contributed by atoms with Crippen LogP contribution in [0.5, 0.6) is 0 Å². The van der Waals surface area contributed by atoms with Crippen LogP contribution < -0.4 is 10.6 Å². The van der Waals surface area contributed by atoms with Gasteiger partial charge in [0.25, 0.3) is 5.91 Å². The van der Waals surface area contributed by atoms with Crippen LogP contribution in [0.2, 0.25) is 0 Å². The second-order valence-electron chi connectivity index (χ2n) is 5.51. The van der Waals surface area contributed by atoms with Crippen LogP contribution in [0.3, 0.4) is 0 Å². The average Bonchev–Trinajstić information content (AvgIpc) is 2.51. The molecule has 0 aliphatic carbocycles. The Hall–Kier alpha value is -1.84. The molecule has 21 heavy (non-hydrogen) atoms. The van der Waals surface area contributed by atoms with E-state index in [-0.39, 0.29) is 23.8 Å². The molecule has 0 aliphatic rings. The van der Waals surface area contributed by atoms with Crippen molar-refractivity contribution in [3.63, 3.8) is 0 Å². The molecular weight excluding hydrogens is 264 g/mol. The lowest BCUT2D eigenvalue weighted by Gasteiger charge is -2.12. The van der Waals surface area contributed by atoms with Crippen molar-refractivity contribution in [3.05, 3.63) is 35.4 Å². The summed E-state index contributed by atoms with van der Waals surface area (Å²) in [5.74, 6) is 0.0428. The van der Waals surface area contributed by atoms with Gasteiger partial charge in [-0.2, -0.15) is 0 Å². The van der Waals surface area contributed by atoms with Gasteiger partial charge in [0.2, 0.25) is 5.91 Å². The Morgan fingerprint density at radius 2 is 1.67 bits per heavy atom. The Morgan fingerprint density at radius 3 is 2.19 bits per heavy atom. The zero-order chi connectivity index (χ0) is 15.8. The van der Waals surface area contributed by atoms with Crippen molar-refractivity contribution in [2.75, 3.05) is 0 Å². The Morgan fingerprint density at radius 1 is 1.05 bits per heavy atom. The molecule has 4 nitrogen and oxygen atoms in total. The summed E-state index contributed by atoms with van der Waals surface area (Å²) < 4.78 is 0. The Balaban J connectivity index is 2.54. The fraction of sp³-hybridized carbons (Fsp3) is 0.529. The summed E-state index contributed by atoms with van der Waals surface area (Å²) in [5, 5.41) is 5.83. The summed E-state index contributed by atoms with van der Waals surface area (Å²) >= 11 is 0. The minimum Gasteiger partial charge on any atom is -0.352 e. The van der Waals surface area contributed by atoms with Gasteiger partial charge in [-0.25, -0.2) is 0 Å². The first-order chi connectivity index (χ1) is 9.97. The van der Waals surface area contributed by atoms with Gasteiger partial charge in [-0.05, 0) is 37.5 Å². The van der Waals surface area contributed by atoms with Crippen molar-refractivity contribution in [3.8, 4) is 0 Å². The molecule has 0 unspecified atom stereocenters. The van der Waals surface area contributed by atoms with Gasteiger partial charge in [0.15, 0.2) is 0 Å². The van der Waals surface area contributed by atoms with Crippen molar-refractivity contribution < 1.29 is 9.59 Å². The summed E-state index contributed by atoms with van der Waals surface area (Å²) in [5.41, 5.74) is 1.64. The minimum atomic E-state index is -0.0560. The van der Waals surface area contributed by atoms with Crippen LogP contribution >= 0.6 is 0 Å². The van der Waals surface area contributed by atoms with Crippen LogP contribution in [0.4, 0.5) is 0 Å². The highest BCUT2D eigenvalue weighted by molar-refractivity contribution is 5.94. The third kappa shape index (κ3) is 5.58. The second-order valence-corrected chi connectivity index (χ2v) is 5.51. The molecule has 0 bridgehead atoms. The van der Waals surface area contributed by atoms with Crippen LogP contribution in [-0.2, 0) is 11.3 Å². The number of rotatable bonds is 7. The number of hydrogen-bond acceptors (Lipinski definition) is 2. The molecule has 2 N–H and O–H groups in total. The van der Waals surface area contributed by atoms with Crippen LogP contribution in [0, 0.1) is 5.92 Å². The van der Waals surface area contributed by atoms with E-state index in [0.717, 1.165) is 18.4 Å². The number of nitrogens with one attached hydrogen (secondary N) is 2. The quantitative estimate of drug-likeness (QED) is 0.811. The van der Waals surface area contributed by atoms with Gasteiger partial charge in [-0.3, -0.25) is 9.59 Å². The number of carbonyl (C=O) groups is 2. The summed E-state index contributed by atoms with van der Waals surface area (Å²) in [4.78, 5) is 23.6. The van der Waals surface area contributed by atoms with E-state index in [9.17, 15) is 9.59 Å². The van der Waals surface area contributed by atoms with E-state index < -0.39 is 0 Å². The third-order valence-electron chi connectivity index (χ3n) is 3.73. The van der Waals surface area contributed by atoms with E-state index in [2.05, 4.69) is 10.6 Å². The maximum absolute atomic E-state index is 11.9. The molecule has 1 aromatic carbocycles. The standard InChI is InChI=1S/C17H26N2O2/c1-5-12(3)16(20)18-11-14-7-9-15(10-8-14)17(21)19-13(4)6-2/h7-10,12-13H,5-6,11H2,1-4H3,(H,18,20)(H,19,21)/t12-,13-/m1/s1. The monoisotopic (exact) mass is 290 g/mol. The lowest BCUT2D eigenvalue weighted by atomic mass is 10.1. The number of carbonyl (C=O) groups excluding carboxylic acids is 2. The SMILES string of the molecule is CC[C@@H](C)NC(=O)c1ccc(CNC(=O)[C@H](C)CC)cc1. The Bertz CT molecular complexity index is 468. The maximum Gasteiger partial charge on any atom is 0.251 e. The van der Waals surface area contributed by atoms with Crippen LogP contribution in [0.15, 0.2) is 24.3 Å². The molecule has 0 saturated heterocycles. The first kappa shape index (κ1) is 17.2. The first-order valence-electron chi connectivity index (χ1n) is 7.65. The van der Waals surface area contributed by atoms with Crippen molar-refractivity contribution in [2.24, 2.45) is 5.92 Å². The third-order valence-corrected chi connectivity index (χ3v) is 3.73. The molecule has 2 atom stereocenters. The van der Waals surface area contributed by atoms with Crippen molar-refractivity contribution in [1.82, 2.24) is 10.6 Å². The number of amides is 2. The van der Waals surface area contributed by atoms with Gasteiger partial charge in [-0.1, -0.05) is 32.9 Å². The molecule has 1 rings (SSSR count). The highest BCUT2D eigenvalue weighted by Gasteiger charge is 2.10. The van der Waals surface area contributed by atoms with Crippen LogP contribution in [0.25, 0.3) is 0 Å². The minimum absolute atomic E-state index is 0.0329. The van der Waals surface area contributed by atoms with Gasteiger partial charge >= 0.3 is 0 Å². The summed E-state index contributed by atoms with van der Waals surface area (Å²) in [7, 11) is 0. The molecule has 0 saturated carbocycles. The highest BCUT2D eigenvalue weighted by atomic mass is 16.2. The van der Waals surface area contributed by atoms with Gasteiger partial charge in [0.1, 0.15) is 0 Å². The smallest absolute Gasteiger partial charge is 0.251 e. The van der Waals surface area contributed by atoms with E-state index >= 15 is 0 Å². The molecule has 0 radical (unpaired) electrons. The van der Waals surface area contributed by atoms with Crippen molar-refractivity contribution >= 4 is 11.8 Å². The lowest BCUT2D eigenvalue weighted by molar-refractivity contribution is -0.124. The Labute approximate surface area is 127 Å². The van der Waals surface area contributed by atoms with E-state index in [4.69, 9.17) is 0 Å². The van der Waals surface area contributed by atoms with Crippen LogP contribution in [-0.4, -0.2) is 17.9 Å². The summed E-state index contributed by atoms with van der Waals surface area (Å²) in [6.07, 6.45) is 1.74. The summed E-state index contributed by atoms with van der Waals surface area (Å²) in [6, 6.07) is 7.52. The molecule has 0 heterocycles. The predicted molar refractivity (Wildman–Crippen MR) is 85.0 cm³/mol. The van der Waals surface area contributed by atoms with E-state index in [1.807, 2.05) is 39.8 Å². The van der Waals surface area contributed by atoms with Crippen molar-refractivity contribution in [1.29, 1.82) is 0 Å². The Kier molecular flexibility index (Phi) is 6.92.